The molecule has 0 atom stereocenters. The number of sulfonamides is 1. The van der Waals surface area contributed by atoms with E-state index in [1.807, 2.05) is 60.7 Å². The van der Waals surface area contributed by atoms with Gasteiger partial charge < -0.3 is 14.4 Å². The third kappa shape index (κ3) is 6.33. The molecule has 4 rings (SSSR count). The fraction of sp³-hybridized carbons (Fsp3) is 0.167. The summed E-state index contributed by atoms with van der Waals surface area (Å²) in [7, 11) is -1.19. The molecule has 0 aromatic heterocycles. The van der Waals surface area contributed by atoms with Gasteiger partial charge in [0.1, 0.15) is 18.0 Å². The average Bonchev–Trinajstić information content (AvgIpc) is 2.96. The van der Waals surface area contributed by atoms with E-state index in [4.69, 9.17) is 9.47 Å². The summed E-state index contributed by atoms with van der Waals surface area (Å²) in [6.45, 7) is 0.215. The summed E-state index contributed by atoms with van der Waals surface area (Å²) >= 11 is 0. The predicted octanol–water partition coefficient (Wildman–Crippen LogP) is 5.13. The van der Waals surface area contributed by atoms with Crippen molar-refractivity contribution in [2.24, 2.45) is 0 Å². The molecule has 4 aromatic rings. The van der Waals surface area contributed by atoms with Crippen LogP contribution in [0.25, 0.3) is 0 Å². The van der Waals surface area contributed by atoms with Crippen LogP contribution in [0.3, 0.4) is 0 Å². The Morgan fingerprint density at radius 3 is 1.74 bits per heavy atom. The van der Waals surface area contributed by atoms with Gasteiger partial charge in [0.15, 0.2) is 0 Å². The monoisotopic (exact) mass is 530 g/mol. The van der Waals surface area contributed by atoms with Crippen LogP contribution in [0, 0.1) is 0 Å². The number of nitrogens with zero attached hydrogens (tertiary/aromatic N) is 2. The third-order valence-electron chi connectivity index (χ3n) is 6.05. The fourth-order valence-corrected chi connectivity index (χ4v) is 5.51. The van der Waals surface area contributed by atoms with Gasteiger partial charge in [-0.05, 0) is 35.4 Å². The number of carbonyl (C=O) groups is 1. The van der Waals surface area contributed by atoms with E-state index < -0.39 is 16.6 Å². The number of anilines is 1. The molecule has 1 amide bonds. The number of hydrogen-bond acceptors (Lipinski definition) is 5. The number of rotatable bonds is 11. The number of hydrogen-bond donors (Lipinski definition) is 0. The normalized spacial score (nSPS) is 11.0. The molecule has 0 unspecified atom stereocenters. The Bertz CT molecular complexity index is 1400. The van der Waals surface area contributed by atoms with Crippen LogP contribution < -0.4 is 13.8 Å². The zero-order valence-electron chi connectivity index (χ0n) is 21.4. The quantitative estimate of drug-likeness (QED) is 0.269. The molecule has 38 heavy (non-hydrogen) atoms. The molecule has 196 valence electrons. The summed E-state index contributed by atoms with van der Waals surface area (Å²) in [4.78, 5) is 15.6. The maximum atomic E-state index is 13.9. The molecule has 0 saturated carbocycles. The van der Waals surface area contributed by atoms with Crippen LogP contribution in [0.1, 0.15) is 11.1 Å². The lowest BCUT2D eigenvalue weighted by atomic mass is 10.1. The summed E-state index contributed by atoms with van der Waals surface area (Å²) in [5.74, 6) is 0.379. The van der Waals surface area contributed by atoms with Crippen LogP contribution in [0.5, 0.6) is 11.5 Å². The summed E-state index contributed by atoms with van der Waals surface area (Å²) in [6.07, 6.45) is 0. The molecule has 0 aliphatic heterocycles. The van der Waals surface area contributed by atoms with Gasteiger partial charge in [0.2, 0.25) is 5.91 Å². The number of amides is 1. The molecule has 0 aliphatic rings. The second kappa shape index (κ2) is 12.3. The van der Waals surface area contributed by atoms with Gasteiger partial charge in [-0.25, -0.2) is 8.42 Å². The van der Waals surface area contributed by atoms with E-state index in [0.29, 0.717) is 24.6 Å². The van der Waals surface area contributed by atoms with Crippen LogP contribution >= 0.6 is 0 Å². The molecule has 0 spiro atoms. The van der Waals surface area contributed by atoms with Crippen LogP contribution in [0.4, 0.5) is 5.69 Å². The topological polar surface area (TPSA) is 76.2 Å². The minimum atomic E-state index is -4.14. The number of carbonyl (C=O) groups excluding carboxylic acids is 1. The van der Waals surface area contributed by atoms with Crippen molar-refractivity contribution >= 4 is 21.6 Å². The Labute approximate surface area is 223 Å². The van der Waals surface area contributed by atoms with E-state index in [0.717, 1.165) is 15.4 Å². The van der Waals surface area contributed by atoms with Crippen molar-refractivity contribution in [2.75, 3.05) is 25.1 Å². The van der Waals surface area contributed by atoms with E-state index in [1.165, 1.54) is 26.4 Å². The van der Waals surface area contributed by atoms with E-state index >= 15 is 0 Å². The van der Waals surface area contributed by atoms with Crippen molar-refractivity contribution in [3.63, 3.8) is 0 Å². The van der Waals surface area contributed by atoms with Crippen molar-refractivity contribution < 1.29 is 22.7 Å². The number of ether oxygens (including phenoxy) is 2. The Kier molecular flexibility index (Phi) is 8.66. The first-order chi connectivity index (χ1) is 18.4. The molecule has 4 aromatic carbocycles. The largest absolute Gasteiger partial charge is 0.497 e. The Balaban J connectivity index is 1.76. The highest BCUT2D eigenvalue weighted by atomic mass is 32.2. The molecule has 7 nitrogen and oxygen atoms in total. The first-order valence-corrected chi connectivity index (χ1v) is 13.5. The first-order valence-electron chi connectivity index (χ1n) is 12.1. The Morgan fingerprint density at radius 1 is 0.711 bits per heavy atom. The Morgan fingerprint density at radius 2 is 1.24 bits per heavy atom. The van der Waals surface area contributed by atoms with Crippen molar-refractivity contribution in [3.05, 3.63) is 120 Å². The molecule has 0 fully saturated rings. The van der Waals surface area contributed by atoms with E-state index in [1.54, 1.807) is 41.3 Å². The van der Waals surface area contributed by atoms with Crippen LogP contribution in [-0.2, 0) is 27.9 Å². The van der Waals surface area contributed by atoms with Gasteiger partial charge in [0.05, 0.1) is 24.8 Å². The van der Waals surface area contributed by atoms with Gasteiger partial charge in [0.25, 0.3) is 10.0 Å². The summed E-state index contributed by atoms with van der Waals surface area (Å²) < 4.78 is 39.8. The summed E-state index contributed by atoms with van der Waals surface area (Å²) in [5.41, 5.74) is 2.09. The highest BCUT2D eigenvalue weighted by Crippen LogP contribution is 2.35. The van der Waals surface area contributed by atoms with E-state index in [-0.39, 0.29) is 16.5 Å². The lowest BCUT2D eigenvalue weighted by Gasteiger charge is -2.30. The van der Waals surface area contributed by atoms with Gasteiger partial charge in [-0.3, -0.25) is 9.10 Å². The highest BCUT2D eigenvalue weighted by molar-refractivity contribution is 7.92. The molecule has 8 heteroatoms. The molecule has 0 radical (unpaired) electrons. The number of benzene rings is 4. The molecule has 0 saturated heterocycles. The third-order valence-corrected chi connectivity index (χ3v) is 7.82. The van der Waals surface area contributed by atoms with Gasteiger partial charge in [-0.15, -0.1) is 0 Å². The smallest absolute Gasteiger partial charge is 0.264 e. The van der Waals surface area contributed by atoms with Crippen molar-refractivity contribution in [1.82, 2.24) is 4.90 Å². The average molecular weight is 531 g/mol. The van der Waals surface area contributed by atoms with Gasteiger partial charge in [-0.2, -0.15) is 0 Å². The molecular weight excluding hydrogens is 500 g/mol. The van der Waals surface area contributed by atoms with Crippen molar-refractivity contribution in [2.45, 2.75) is 18.0 Å². The molecular formula is C30H30N2O5S. The SMILES string of the molecule is COc1ccc(OC)c(N(CC(=O)N(Cc2ccccc2)Cc2ccccc2)S(=O)(=O)c2ccccc2)c1. The number of methoxy groups -OCH3 is 2. The Hall–Kier alpha value is -4.30. The van der Waals surface area contributed by atoms with Gasteiger partial charge in [0, 0.05) is 19.2 Å². The van der Waals surface area contributed by atoms with E-state index in [2.05, 4.69) is 0 Å². The predicted molar refractivity (Wildman–Crippen MR) is 148 cm³/mol. The lowest BCUT2D eigenvalue weighted by Crippen LogP contribution is -2.42. The molecule has 0 heterocycles. The maximum absolute atomic E-state index is 13.9. The first kappa shape index (κ1) is 26.8. The summed E-state index contributed by atoms with van der Waals surface area (Å²) in [6, 6.07) is 32.1. The minimum absolute atomic E-state index is 0.0651. The lowest BCUT2D eigenvalue weighted by molar-refractivity contribution is -0.130. The van der Waals surface area contributed by atoms with Crippen LogP contribution in [-0.4, -0.2) is 40.0 Å². The zero-order valence-corrected chi connectivity index (χ0v) is 22.2. The molecule has 0 N–H and O–H groups in total. The minimum Gasteiger partial charge on any atom is -0.497 e. The van der Waals surface area contributed by atoms with Crippen molar-refractivity contribution in [1.29, 1.82) is 0 Å². The summed E-state index contributed by atoms with van der Waals surface area (Å²) in [5, 5.41) is 0. The van der Waals surface area contributed by atoms with Crippen molar-refractivity contribution in [3.8, 4) is 11.5 Å². The molecule has 0 bridgehead atoms. The standard InChI is InChI=1S/C30H30N2O5S/c1-36-26-18-19-29(37-2)28(20-26)32(38(34,35)27-16-10-5-11-17-27)23-30(33)31(21-24-12-6-3-7-13-24)22-25-14-8-4-9-15-25/h3-20H,21-23H2,1-2H3. The fourth-order valence-electron chi connectivity index (χ4n) is 4.07. The van der Waals surface area contributed by atoms with Gasteiger partial charge in [-0.1, -0.05) is 78.9 Å². The zero-order chi connectivity index (χ0) is 27.0. The second-order valence-corrected chi connectivity index (χ2v) is 10.4. The van der Waals surface area contributed by atoms with Crippen LogP contribution in [0.2, 0.25) is 0 Å². The van der Waals surface area contributed by atoms with E-state index in [9.17, 15) is 13.2 Å². The van der Waals surface area contributed by atoms with Crippen LogP contribution in [0.15, 0.2) is 114 Å². The maximum Gasteiger partial charge on any atom is 0.264 e. The van der Waals surface area contributed by atoms with Gasteiger partial charge >= 0.3 is 0 Å². The second-order valence-electron chi connectivity index (χ2n) is 8.58. The molecule has 0 aliphatic carbocycles. The highest BCUT2D eigenvalue weighted by Gasteiger charge is 2.31.